The van der Waals surface area contributed by atoms with Gasteiger partial charge in [0.15, 0.2) is 5.96 Å². The smallest absolute Gasteiger partial charge is 0.193 e. The SMILES string of the molecule is CCNC(=NCC1(NC(C)c2ccccc2)CCOCC1)N1CCCC(C)C1. The molecule has 2 aliphatic heterocycles. The molecule has 2 saturated heterocycles. The molecule has 0 saturated carbocycles. The van der Waals surface area contributed by atoms with Gasteiger partial charge in [0.05, 0.1) is 6.54 Å². The summed E-state index contributed by atoms with van der Waals surface area (Å²) in [5, 5.41) is 7.46. The van der Waals surface area contributed by atoms with Crippen LogP contribution in [-0.2, 0) is 4.74 Å². The normalized spacial score (nSPS) is 24.0. The predicted octanol–water partition coefficient (Wildman–Crippen LogP) is 3.58. The van der Waals surface area contributed by atoms with Crippen molar-refractivity contribution >= 4 is 5.96 Å². The molecule has 0 spiro atoms. The van der Waals surface area contributed by atoms with Crippen molar-refractivity contribution in [2.75, 3.05) is 39.4 Å². The molecule has 0 bridgehead atoms. The number of nitrogens with zero attached hydrogens (tertiary/aromatic N) is 2. The van der Waals surface area contributed by atoms with Crippen molar-refractivity contribution in [3.63, 3.8) is 0 Å². The van der Waals surface area contributed by atoms with E-state index < -0.39 is 0 Å². The highest BCUT2D eigenvalue weighted by atomic mass is 16.5. The molecule has 0 radical (unpaired) electrons. The minimum atomic E-state index is -0.00438. The molecule has 1 aromatic rings. The number of piperidine rings is 1. The van der Waals surface area contributed by atoms with E-state index in [1.807, 2.05) is 0 Å². The molecule has 2 atom stereocenters. The van der Waals surface area contributed by atoms with E-state index in [2.05, 4.69) is 66.6 Å². The number of benzene rings is 1. The Morgan fingerprint density at radius 1 is 1.29 bits per heavy atom. The summed E-state index contributed by atoms with van der Waals surface area (Å²) in [5.74, 6) is 1.82. The van der Waals surface area contributed by atoms with Gasteiger partial charge < -0.3 is 20.3 Å². The molecule has 2 heterocycles. The Bertz CT molecular complexity index is 612. The van der Waals surface area contributed by atoms with E-state index in [1.165, 1.54) is 18.4 Å². The fourth-order valence-electron chi connectivity index (χ4n) is 4.43. The van der Waals surface area contributed by atoms with Gasteiger partial charge in [0.25, 0.3) is 0 Å². The average Bonchev–Trinajstić information content (AvgIpc) is 2.72. The lowest BCUT2D eigenvalue weighted by atomic mass is 9.88. The van der Waals surface area contributed by atoms with Crippen LogP contribution in [0.2, 0.25) is 0 Å². The molecule has 28 heavy (non-hydrogen) atoms. The quantitative estimate of drug-likeness (QED) is 0.579. The summed E-state index contributed by atoms with van der Waals surface area (Å²) >= 11 is 0. The monoisotopic (exact) mass is 386 g/mol. The molecule has 2 fully saturated rings. The summed E-state index contributed by atoms with van der Waals surface area (Å²) < 4.78 is 5.68. The van der Waals surface area contributed by atoms with Crippen molar-refractivity contribution in [1.82, 2.24) is 15.5 Å². The van der Waals surface area contributed by atoms with Gasteiger partial charge in [0.2, 0.25) is 0 Å². The highest BCUT2D eigenvalue weighted by molar-refractivity contribution is 5.80. The molecular formula is C23H38N4O. The summed E-state index contributed by atoms with van der Waals surface area (Å²) in [6.07, 6.45) is 4.59. The number of rotatable bonds is 6. The molecule has 0 aliphatic carbocycles. The summed E-state index contributed by atoms with van der Waals surface area (Å²) in [4.78, 5) is 7.58. The maximum Gasteiger partial charge on any atom is 0.193 e. The summed E-state index contributed by atoms with van der Waals surface area (Å²) in [5.41, 5.74) is 1.32. The molecule has 5 nitrogen and oxygen atoms in total. The first kappa shape index (κ1) is 21.1. The Kier molecular flexibility index (Phi) is 7.74. The van der Waals surface area contributed by atoms with Crippen LogP contribution < -0.4 is 10.6 Å². The molecule has 0 amide bonds. The molecule has 1 aromatic carbocycles. The maximum atomic E-state index is 5.68. The van der Waals surface area contributed by atoms with Crippen molar-refractivity contribution in [3.05, 3.63) is 35.9 Å². The number of hydrogen-bond donors (Lipinski definition) is 2. The lowest BCUT2D eigenvalue weighted by Crippen LogP contribution is -2.54. The fourth-order valence-corrected chi connectivity index (χ4v) is 4.43. The zero-order valence-corrected chi connectivity index (χ0v) is 17.9. The molecular weight excluding hydrogens is 348 g/mol. The molecule has 2 N–H and O–H groups in total. The maximum absolute atomic E-state index is 5.68. The molecule has 156 valence electrons. The van der Waals surface area contributed by atoms with E-state index in [0.29, 0.717) is 6.04 Å². The average molecular weight is 387 g/mol. The summed E-state index contributed by atoms with van der Waals surface area (Å²) in [6, 6.07) is 11.0. The van der Waals surface area contributed by atoms with Crippen LogP contribution in [0.3, 0.4) is 0 Å². The molecule has 2 unspecified atom stereocenters. The van der Waals surface area contributed by atoms with E-state index in [-0.39, 0.29) is 5.54 Å². The number of nitrogens with one attached hydrogen (secondary N) is 2. The fraction of sp³-hybridized carbons (Fsp3) is 0.696. The van der Waals surface area contributed by atoms with Crippen LogP contribution in [0.1, 0.15) is 58.1 Å². The van der Waals surface area contributed by atoms with E-state index in [9.17, 15) is 0 Å². The Labute approximate surface area is 170 Å². The molecule has 5 heteroatoms. The molecule has 2 aliphatic rings. The van der Waals surface area contributed by atoms with Gasteiger partial charge in [-0.3, -0.25) is 4.99 Å². The number of aliphatic imine (C=N–C) groups is 1. The number of ether oxygens (including phenoxy) is 1. The van der Waals surface area contributed by atoms with Crippen molar-refractivity contribution in [3.8, 4) is 0 Å². The van der Waals surface area contributed by atoms with E-state index >= 15 is 0 Å². The second kappa shape index (κ2) is 10.3. The minimum absolute atomic E-state index is 0.00438. The van der Waals surface area contributed by atoms with Crippen molar-refractivity contribution < 1.29 is 4.74 Å². The van der Waals surface area contributed by atoms with Gasteiger partial charge in [-0.25, -0.2) is 0 Å². The van der Waals surface area contributed by atoms with Crippen LogP contribution in [0.4, 0.5) is 0 Å². The van der Waals surface area contributed by atoms with Crippen LogP contribution in [0.15, 0.2) is 35.3 Å². The van der Waals surface area contributed by atoms with Gasteiger partial charge in [-0.2, -0.15) is 0 Å². The first-order chi connectivity index (χ1) is 13.6. The Morgan fingerprint density at radius 3 is 2.71 bits per heavy atom. The number of guanidine groups is 1. The van der Waals surface area contributed by atoms with Crippen LogP contribution in [-0.4, -0.2) is 55.8 Å². The first-order valence-corrected chi connectivity index (χ1v) is 11.1. The standard InChI is InChI=1S/C23H38N4O/c1-4-24-22(27-14-8-9-19(2)17-27)25-18-23(12-15-28-16-13-23)26-20(3)21-10-6-5-7-11-21/h5-7,10-11,19-20,26H,4,8-9,12-18H2,1-3H3,(H,24,25). The second-order valence-electron chi connectivity index (χ2n) is 8.53. The van der Waals surface area contributed by atoms with Gasteiger partial charge in [0.1, 0.15) is 0 Å². The third-order valence-corrected chi connectivity index (χ3v) is 6.10. The van der Waals surface area contributed by atoms with E-state index in [1.54, 1.807) is 0 Å². The van der Waals surface area contributed by atoms with E-state index in [0.717, 1.165) is 64.1 Å². The molecule has 0 aromatic heterocycles. The van der Waals surface area contributed by atoms with Crippen LogP contribution >= 0.6 is 0 Å². The van der Waals surface area contributed by atoms with Crippen LogP contribution in [0.5, 0.6) is 0 Å². The minimum Gasteiger partial charge on any atom is -0.381 e. The first-order valence-electron chi connectivity index (χ1n) is 11.1. The van der Waals surface area contributed by atoms with Gasteiger partial charge in [-0.15, -0.1) is 0 Å². The third kappa shape index (κ3) is 5.71. The van der Waals surface area contributed by atoms with Gasteiger partial charge >= 0.3 is 0 Å². The number of likely N-dealkylation sites (tertiary alicyclic amines) is 1. The van der Waals surface area contributed by atoms with Crippen molar-refractivity contribution in [2.45, 2.75) is 58.0 Å². The Balaban J connectivity index is 1.73. The highest BCUT2D eigenvalue weighted by Crippen LogP contribution is 2.26. The lowest BCUT2D eigenvalue weighted by molar-refractivity contribution is 0.0373. The number of hydrogen-bond acceptors (Lipinski definition) is 3. The summed E-state index contributed by atoms with van der Waals surface area (Å²) in [7, 11) is 0. The topological polar surface area (TPSA) is 48.9 Å². The van der Waals surface area contributed by atoms with Gasteiger partial charge in [0, 0.05) is 44.4 Å². The zero-order valence-electron chi connectivity index (χ0n) is 17.9. The Hall–Kier alpha value is -1.59. The lowest BCUT2D eigenvalue weighted by Gasteiger charge is -2.40. The predicted molar refractivity (Wildman–Crippen MR) is 117 cm³/mol. The van der Waals surface area contributed by atoms with E-state index in [4.69, 9.17) is 9.73 Å². The van der Waals surface area contributed by atoms with Crippen LogP contribution in [0.25, 0.3) is 0 Å². The highest BCUT2D eigenvalue weighted by Gasteiger charge is 2.34. The largest absolute Gasteiger partial charge is 0.381 e. The van der Waals surface area contributed by atoms with Gasteiger partial charge in [-0.05, 0) is 51.0 Å². The molecule has 3 rings (SSSR count). The summed E-state index contributed by atoms with van der Waals surface area (Å²) in [6.45, 7) is 12.3. The van der Waals surface area contributed by atoms with Crippen LogP contribution in [0, 0.1) is 5.92 Å². The zero-order chi connectivity index (χ0) is 19.8. The van der Waals surface area contributed by atoms with Gasteiger partial charge in [-0.1, -0.05) is 37.3 Å². The Morgan fingerprint density at radius 2 is 2.04 bits per heavy atom. The second-order valence-corrected chi connectivity index (χ2v) is 8.53. The third-order valence-electron chi connectivity index (χ3n) is 6.10. The van der Waals surface area contributed by atoms with Crippen molar-refractivity contribution in [1.29, 1.82) is 0 Å². The van der Waals surface area contributed by atoms with Crippen molar-refractivity contribution in [2.24, 2.45) is 10.9 Å².